The van der Waals surface area contributed by atoms with E-state index in [2.05, 4.69) is 4.98 Å². The lowest BCUT2D eigenvalue weighted by molar-refractivity contribution is -0.141. The number of pyridine rings is 1. The number of hydrogen-bond acceptors (Lipinski definition) is 3. The first-order chi connectivity index (χ1) is 8.92. The van der Waals surface area contributed by atoms with Crippen LogP contribution in [0.1, 0.15) is 36.8 Å². The summed E-state index contributed by atoms with van der Waals surface area (Å²) >= 11 is 0. The summed E-state index contributed by atoms with van der Waals surface area (Å²) in [4.78, 5) is 16.0. The average Bonchev–Trinajstić information content (AvgIpc) is 2.24. The predicted octanol–water partition coefficient (Wildman–Crippen LogP) is 3.28. The Labute approximate surface area is 115 Å². The van der Waals surface area contributed by atoms with Crippen molar-refractivity contribution in [2.24, 2.45) is 5.41 Å². The van der Waals surface area contributed by atoms with Gasteiger partial charge in [-0.05, 0) is 17.5 Å². The van der Waals surface area contributed by atoms with Crippen LogP contribution in [-0.4, -0.2) is 29.7 Å². The molecule has 0 atom stereocenters. The fourth-order valence-electron chi connectivity index (χ4n) is 1.85. The lowest BCUT2D eigenvalue weighted by atomic mass is 9.96. The van der Waals surface area contributed by atoms with Crippen molar-refractivity contribution in [1.82, 2.24) is 4.98 Å². The largest absolute Gasteiger partial charge is 0.478 e. The third-order valence-electron chi connectivity index (χ3n) is 2.47. The fraction of sp³-hybridized carbons (Fsp3) is 0.538. The molecule has 0 aliphatic heterocycles. The minimum absolute atomic E-state index is 0.178. The molecule has 7 heteroatoms. The Kier molecular flexibility index (Phi) is 4.31. The van der Waals surface area contributed by atoms with Crippen LogP contribution in [0.4, 0.5) is 19.0 Å². The molecule has 1 aromatic heterocycles. The molecule has 0 bridgehead atoms. The van der Waals surface area contributed by atoms with Crippen molar-refractivity contribution in [3.05, 3.63) is 23.4 Å². The molecule has 0 saturated heterocycles. The van der Waals surface area contributed by atoms with E-state index in [1.807, 2.05) is 20.8 Å². The first-order valence-electron chi connectivity index (χ1n) is 5.94. The zero-order valence-corrected chi connectivity index (χ0v) is 11.7. The summed E-state index contributed by atoms with van der Waals surface area (Å²) in [7, 11) is 1.53. The van der Waals surface area contributed by atoms with Crippen molar-refractivity contribution in [2.45, 2.75) is 26.9 Å². The van der Waals surface area contributed by atoms with Crippen LogP contribution in [0.2, 0.25) is 0 Å². The first-order valence-corrected chi connectivity index (χ1v) is 5.94. The summed E-state index contributed by atoms with van der Waals surface area (Å²) in [6, 6.07) is 1.62. The van der Waals surface area contributed by atoms with Gasteiger partial charge in [0.2, 0.25) is 0 Å². The average molecular weight is 290 g/mol. The molecule has 0 aliphatic rings. The molecule has 0 aliphatic carbocycles. The van der Waals surface area contributed by atoms with Crippen LogP contribution in [0, 0.1) is 5.41 Å². The van der Waals surface area contributed by atoms with Gasteiger partial charge in [0.15, 0.2) is 0 Å². The molecule has 0 aromatic carbocycles. The number of hydrogen-bond donors (Lipinski definition) is 1. The molecule has 1 N–H and O–H groups in total. The maximum absolute atomic E-state index is 12.7. The summed E-state index contributed by atoms with van der Waals surface area (Å²) in [6.45, 7) is 6.08. The third-order valence-corrected chi connectivity index (χ3v) is 2.47. The van der Waals surface area contributed by atoms with E-state index in [0.29, 0.717) is 12.6 Å². The number of rotatable bonds is 3. The standard InChI is InChI=1S/C13H17F3N2O2/c1-12(2,3)7-18(4)10-8(11(19)20)5-6-9(17-10)13(14,15)16/h5-6H,7H2,1-4H3,(H,19,20). The Morgan fingerprint density at radius 3 is 2.25 bits per heavy atom. The highest BCUT2D eigenvalue weighted by molar-refractivity contribution is 5.93. The van der Waals surface area contributed by atoms with Crippen LogP contribution >= 0.6 is 0 Å². The lowest BCUT2D eigenvalue weighted by Gasteiger charge is -2.28. The molecule has 0 unspecified atom stereocenters. The van der Waals surface area contributed by atoms with E-state index in [0.717, 1.165) is 6.07 Å². The SMILES string of the molecule is CN(CC(C)(C)C)c1nc(C(F)(F)F)ccc1C(=O)O. The van der Waals surface area contributed by atoms with Gasteiger partial charge in [0, 0.05) is 13.6 Å². The Balaban J connectivity index is 3.29. The van der Waals surface area contributed by atoms with Gasteiger partial charge in [-0.15, -0.1) is 0 Å². The van der Waals surface area contributed by atoms with Crippen LogP contribution < -0.4 is 4.90 Å². The van der Waals surface area contributed by atoms with Gasteiger partial charge in [-0.2, -0.15) is 13.2 Å². The third kappa shape index (κ3) is 4.11. The molecule has 112 valence electrons. The number of carboxylic acid groups (broad SMARTS) is 1. The van der Waals surface area contributed by atoms with Gasteiger partial charge in [0.25, 0.3) is 0 Å². The van der Waals surface area contributed by atoms with Crippen molar-refractivity contribution in [3.63, 3.8) is 0 Å². The maximum Gasteiger partial charge on any atom is 0.433 e. The molecule has 1 aromatic rings. The van der Waals surface area contributed by atoms with E-state index in [-0.39, 0.29) is 16.8 Å². The number of nitrogens with zero attached hydrogens (tertiary/aromatic N) is 2. The molecule has 1 heterocycles. The molecular formula is C13H17F3N2O2. The maximum atomic E-state index is 12.7. The summed E-state index contributed by atoms with van der Waals surface area (Å²) in [5, 5.41) is 9.06. The molecule has 0 saturated carbocycles. The van der Waals surface area contributed by atoms with Crippen LogP contribution in [0.3, 0.4) is 0 Å². The summed E-state index contributed by atoms with van der Waals surface area (Å²) in [5.41, 5.74) is -1.55. The monoisotopic (exact) mass is 290 g/mol. The van der Waals surface area contributed by atoms with Crippen LogP contribution in [0.15, 0.2) is 12.1 Å². The molecule has 0 fully saturated rings. The van der Waals surface area contributed by atoms with E-state index in [4.69, 9.17) is 5.11 Å². The zero-order chi connectivity index (χ0) is 15.7. The van der Waals surface area contributed by atoms with E-state index in [9.17, 15) is 18.0 Å². The molecule has 1 rings (SSSR count). The van der Waals surface area contributed by atoms with Crippen molar-refractivity contribution < 1.29 is 23.1 Å². The number of alkyl halides is 3. The summed E-state index contributed by atoms with van der Waals surface area (Å²) < 4.78 is 38.0. The summed E-state index contributed by atoms with van der Waals surface area (Å²) in [5.74, 6) is -1.48. The highest BCUT2D eigenvalue weighted by atomic mass is 19.4. The minimum Gasteiger partial charge on any atom is -0.478 e. The number of halogens is 3. The van der Waals surface area contributed by atoms with Gasteiger partial charge in [0.1, 0.15) is 17.1 Å². The van der Waals surface area contributed by atoms with Gasteiger partial charge >= 0.3 is 12.1 Å². The second kappa shape index (κ2) is 5.30. The smallest absolute Gasteiger partial charge is 0.433 e. The quantitative estimate of drug-likeness (QED) is 0.928. The van der Waals surface area contributed by atoms with Gasteiger partial charge in [-0.25, -0.2) is 9.78 Å². The van der Waals surface area contributed by atoms with Crippen LogP contribution in [0.5, 0.6) is 0 Å². The van der Waals surface area contributed by atoms with E-state index < -0.39 is 17.8 Å². The number of carboxylic acids is 1. The van der Waals surface area contributed by atoms with E-state index >= 15 is 0 Å². The van der Waals surface area contributed by atoms with Gasteiger partial charge in [-0.1, -0.05) is 20.8 Å². The second-order valence-electron chi connectivity index (χ2n) is 5.79. The van der Waals surface area contributed by atoms with Crippen LogP contribution in [0.25, 0.3) is 0 Å². The van der Waals surface area contributed by atoms with Crippen molar-refractivity contribution in [3.8, 4) is 0 Å². The molecule has 0 amide bonds. The lowest BCUT2D eigenvalue weighted by Crippen LogP contribution is -2.31. The van der Waals surface area contributed by atoms with Gasteiger partial charge < -0.3 is 10.0 Å². The van der Waals surface area contributed by atoms with E-state index in [1.165, 1.54) is 11.9 Å². The molecule has 0 spiro atoms. The van der Waals surface area contributed by atoms with Crippen LogP contribution in [-0.2, 0) is 6.18 Å². The first kappa shape index (κ1) is 16.3. The Bertz CT molecular complexity index is 507. The topological polar surface area (TPSA) is 53.4 Å². The number of aromatic carboxylic acids is 1. The van der Waals surface area contributed by atoms with Gasteiger partial charge in [-0.3, -0.25) is 0 Å². The molecule has 20 heavy (non-hydrogen) atoms. The second-order valence-corrected chi connectivity index (χ2v) is 5.79. The Morgan fingerprint density at radius 2 is 1.85 bits per heavy atom. The number of aromatic nitrogens is 1. The zero-order valence-electron chi connectivity index (χ0n) is 11.7. The highest BCUT2D eigenvalue weighted by Gasteiger charge is 2.34. The number of carbonyl (C=O) groups is 1. The van der Waals surface area contributed by atoms with Crippen molar-refractivity contribution >= 4 is 11.8 Å². The normalized spacial score (nSPS) is 12.3. The minimum atomic E-state index is -4.60. The molecule has 4 nitrogen and oxygen atoms in total. The Hall–Kier alpha value is -1.79. The Morgan fingerprint density at radius 1 is 1.30 bits per heavy atom. The van der Waals surface area contributed by atoms with Crippen molar-refractivity contribution in [2.75, 3.05) is 18.5 Å². The fourth-order valence-corrected chi connectivity index (χ4v) is 1.85. The highest BCUT2D eigenvalue weighted by Crippen LogP contribution is 2.31. The van der Waals surface area contributed by atoms with Crippen molar-refractivity contribution in [1.29, 1.82) is 0 Å². The molecular weight excluding hydrogens is 273 g/mol. The molecule has 0 radical (unpaired) electrons. The number of anilines is 1. The predicted molar refractivity (Wildman–Crippen MR) is 68.9 cm³/mol. The van der Waals surface area contributed by atoms with Gasteiger partial charge in [0.05, 0.1) is 0 Å². The van der Waals surface area contributed by atoms with E-state index in [1.54, 1.807) is 0 Å². The summed E-state index contributed by atoms with van der Waals surface area (Å²) in [6.07, 6.45) is -4.60.